The van der Waals surface area contributed by atoms with E-state index in [0.29, 0.717) is 5.69 Å². The Balaban J connectivity index is 1.91. The van der Waals surface area contributed by atoms with Crippen LogP contribution in [0.3, 0.4) is 0 Å². The highest BCUT2D eigenvalue weighted by Crippen LogP contribution is 2.26. The van der Waals surface area contributed by atoms with Crippen LogP contribution >= 0.6 is 0 Å². The molecule has 0 saturated carbocycles. The summed E-state index contributed by atoms with van der Waals surface area (Å²) in [6, 6.07) is 7.79. The number of hydrogen-bond donors (Lipinski definition) is 2. The number of benzene rings is 1. The molecule has 2 aromatic heterocycles. The van der Waals surface area contributed by atoms with Gasteiger partial charge in [0.25, 0.3) is 0 Å². The number of hydrogen-bond acceptors (Lipinski definition) is 4. The highest BCUT2D eigenvalue weighted by Gasteiger charge is 2.05. The van der Waals surface area contributed by atoms with Crippen LogP contribution in [-0.4, -0.2) is 14.8 Å². The Morgan fingerprint density at radius 3 is 3.00 bits per heavy atom. The number of nitrogens with zero attached hydrogens (tertiary/aromatic N) is 3. The number of rotatable bonds is 3. The van der Waals surface area contributed by atoms with Crippen molar-refractivity contribution in [3.63, 3.8) is 0 Å². The van der Waals surface area contributed by atoms with Crippen molar-refractivity contribution in [2.24, 2.45) is 7.05 Å². The number of aryl methyl sites for hydroxylation is 1. The van der Waals surface area contributed by atoms with Gasteiger partial charge < -0.3 is 11.1 Å². The monoisotopic (exact) mass is 253 g/mol. The van der Waals surface area contributed by atoms with Crippen LogP contribution in [0, 0.1) is 0 Å². The van der Waals surface area contributed by atoms with Gasteiger partial charge >= 0.3 is 0 Å². The third-order valence-electron chi connectivity index (χ3n) is 3.04. The first-order valence-electron chi connectivity index (χ1n) is 6.08. The maximum absolute atomic E-state index is 5.93. The van der Waals surface area contributed by atoms with E-state index in [4.69, 9.17) is 5.73 Å². The van der Waals surface area contributed by atoms with E-state index in [-0.39, 0.29) is 0 Å². The van der Waals surface area contributed by atoms with Crippen molar-refractivity contribution in [3.8, 4) is 0 Å². The zero-order valence-electron chi connectivity index (χ0n) is 10.7. The normalized spacial score (nSPS) is 10.8. The van der Waals surface area contributed by atoms with Crippen LogP contribution in [0.25, 0.3) is 10.9 Å². The van der Waals surface area contributed by atoms with Gasteiger partial charge in [0.1, 0.15) is 0 Å². The van der Waals surface area contributed by atoms with Crippen molar-refractivity contribution in [2.75, 3.05) is 11.1 Å². The SMILES string of the molecule is Cn1cc(CNc2ccc(N)c3ncccc23)cn1. The first kappa shape index (κ1) is 11.5. The lowest BCUT2D eigenvalue weighted by Crippen LogP contribution is -2.00. The molecule has 19 heavy (non-hydrogen) atoms. The van der Waals surface area contributed by atoms with E-state index in [1.165, 1.54) is 0 Å². The van der Waals surface area contributed by atoms with Crippen molar-refractivity contribution >= 4 is 22.3 Å². The minimum atomic E-state index is 0.697. The van der Waals surface area contributed by atoms with E-state index >= 15 is 0 Å². The number of nitrogen functional groups attached to an aromatic ring is 1. The van der Waals surface area contributed by atoms with Crippen LogP contribution < -0.4 is 11.1 Å². The molecule has 0 radical (unpaired) electrons. The van der Waals surface area contributed by atoms with Gasteiger partial charge in [0.05, 0.1) is 17.4 Å². The molecular formula is C14H15N5. The maximum Gasteiger partial charge on any atom is 0.0951 e. The van der Waals surface area contributed by atoms with Gasteiger partial charge in [-0.3, -0.25) is 9.67 Å². The molecule has 3 aromatic rings. The molecule has 1 aromatic carbocycles. The smallest absolute Gasteiger partial charge is 0.0951 e. The lowest BCUT2D eigenvalue weighted by Gasteiger charge is -2.09. The lowest BCUT2D eigenvalue weighted by molar-refractivity contribution is 0.767. The van der Waals surface area contributed by atoms with Gasteiger partial charge in [-0.25, -0.2) is 0 Å². The predicted molar refractivity (Wildman–Crippen MR) is 76.7 cm³/mol. The van der Waals surface area contributed by atoms with Gasteiger partial charge in [-0.2, -0.15) is 5.10 Å². The molecule has 0 atom stereocenters. The van der Waals surface area contributed by atoms with Crippen LogP contribution in [0.2, 0.25) is 0 Å². The van der Waals surface area contributed by atoms with Crippen LogP contribution in [0.5, 0.6) is 0 Å². The molecule has 3 rings (SSSR count). The van der Waals surface area contributed by atoms with E-state index < -0.39 is 0 Å². The summed E-state index contributed by atoms with van der Waals surface area (Å²) in [6.07, 6.45) is 5.60. The van der Waals surface area contributed by atoms with Crippen molar-refractivity contribution < 1.29 is 0 Å². The molecule has 5 heteroatoms. The number of nitrogens with one attached hydrogen (secondary N) is 1. The number of anilines is 2. The second-order valence-electron chi connectivity index (χ2n) is 4.48. The molecular weight excluding hydrogens is 238 g/mol. The second kappa shape index (κ2) is 4.61. The average molecular weight is 253 g/mol. The first-order valence-corrected chi connectivity index (χ1v) is 6.08. The molecule has 0 fully saturated rings. The van der Waals surface area contributed by atoms with Crippen molar-refractivity contribution in [1.82, 2.24) is 14.8 Å². The fraction of sp³-hybridized carbons (Fsp3) is 0.143. The molecule has 0 aliphatic heterocycles. The van der Waals surface area contributed by atoms with Gasteiger partial charge in [-0.05, 0) is 24.3 Å². The molecule has 0 saturated heterocycles. The molecule has 96 valence electrons. The molecule has 0 bridgehead atoms. The average Bonchev–Trinajstić information content (AvgIpc) is 2.84. The zero-order valence-corrected chi connectivity index (χ0v) is 10.7. The molecule has 0 spiro atoms. The number of fused-ring (bicyclic) bond motifs is 1. The summed E-state index contributed by atoms with van der Waals surface area (Å²) in [6.45, 7) is 0.724. The van der Waals surface area contributed by atoms with E-state index in [9.17, 15) is 0 Å². The molecule has 0 aliphatic carbocycles. The van der Waals surface area contributed by atoms with Crippen LogP contribution in [0.15, 0.2) is 42.9 Å². The summed E-state index contributed by atoms with van der Waals surface area (Å²) >= 11 is 0. The molecule has 0 unspecified atom stereocenters. The van der Waals surface area contributed by atoms with Crippen LogP contribution in [0.1, 0.15) is 5.56 Å². The van der Waals surface area contributed by atoms with E-state index in [1.54, 1.807) is 10.9 Å². The fourth-order valence-corrected chi connectivity index (χ4v) is 2.11. The van der Waals surface area contributed by atoms with Crippen LogP contribution in [-0.2, 0) is 13.6 Å². The molecule has 3 N–H and O–H groups in total. The van der Waals surface area contributed by atoms with Crippen LogP contribution in [0.4, 0.5) is 11.4 Å². The van der Waals surface area contributed by atoms with Crippen molar-refractivity contribution in [2.45, 2.75) is 6.54 Å². The third-order valence-corrected chi connectivity index (χ3v) is 3.04. The third kappa shape index (κ3) is 2.22. The number of pyridine rings is 1. The number of nitrogens with two attached hydrogens (primary N) is 1. The van der Waals surface area contributed by atoms with Gasteiger partial charge in [0.15, 0.2) is 0 Å². The quantitative estimate of drug-likeness (QED) is 0.702. The molecule has 2 heterocycles. The van der Waals surface area contributed by atoms with Gasteiger partial charge in [-0.1, -0.05) is 0 Å². The Morgan fingerprint density at radius 2 is 2.21 bits per heavy atom. The van der Waals surface area contributed by atoms with E-state index in [1.807, 2.05) is 43.7 Å². The summed E-state index contributed by atoms with van der Waals surface area (Å²) in [5.41, 5.74) is 9.63. The summed E-state index contributed by atoms with van der Waals surface area (Å²) in [5, 5.41) is 8.58. The van der Waals surface area contributed by atoms with Crippen molar-refractivity contribution in [1.29, 1.82) is 0 Å². The Morgan fingerprint density at radius 1 is 1.32 bits per heavy atom. The summed E-state index contributed by atoms with van der Waals surface area (Å²) in [5.74, 6) is 0. The lowest BCUT2D eigenvalue weighted by atomic mass is 10.1. The molecule has 0 amide bonds. The van der Waals surface area contributed by atoms with Gasteiger partial charge in [0, 0.05) is 42.6 Å². The van der Waals surface area contributed by atoms with E-state index in [2.05, 4.69) is 15.4 Å². The standard InChI is InChI=1S/C14H15N5/c1-19-9-10(8-18-19)7-17-13-5-4-12(15)14-11(13)3-2-6-16-14/h2-6,8-9,17H,7,15H2,1H3. The summed E-state index contributed by atoms with van der Waals surface area (Å²) < 4.78 is 1.79. The number of aromatic nitrogens is 3. The largest absolute Gasteiger partial charge is 0.397 e. The predicted octanol–water partition coefficient (Wildman–Crippen LogP) is 2.16. The Bertz CT molecular complexity index is 717. The van der Waals surface area contributed by atoms with Crippen molar-refractivity contribution in [3.05, 3.63) is 48.4 Å². The highest BCUT2D eigenvalue weighted by molar-refractivity contribution is 5.98. The van der Waals surface area contributed by atoms with Gasteiger partial charge in [0.2, 0.25) is 0 Å². The Hall–Kier alpha value is -2.56. The maximum atomic E-state index is 5.93. The molecule has 0 aliphatic rings. The fourth-order valence-electron chi connectivity index (χ4n) is 2.11. The molecule has 5 nitrogen and oxygen atoms in total. The Labute approximate surface area is 111 Å². The Kier molecular flexibility index (Phi) is 2.79. The highest BCUT2D eigenvalue weighted by atomic mass is 15.2. The minimum Gasteiger partial charge on any atom is -0.397 e. The first-order chi connectivity index (χ1) is 9.24. The second-order valence-corrected chi connectivity index (χ2v) is 4.48. The topological polar surface area (TPSA) is 68.8 Å². The summed E-state index contributed by atoms with van der Waals surface area (Å²) in [4.78, 5) is 4.32. The summed E-state index contributed by atoms with van der Waals surface area (Å²) in [7, 11) is 1.91. The minimum absolute atomic E-state index is 0.697. The zero-order chi connectivity index (χ0) is 13.2. The van der Waals surface area contributed by atoms with Gasteiger partial charge in [-0.15, -0.1) is 0 Å². The van der Waals surface area contributed by atoms with E-state index in [0.717, 1.165) is 28.7 Å².